The molecule has 0 aromatic heterocycles. The summed E-state index contributed by atoms with van der Waals surface area (Å²) in [6.07, 6.45) is 0.0662. The first-order chi connectivity index (χ1) is 7.95. The lowest BCUT2D eigenvalue weighted by molar-refractivity contribution is 0.0595. The Bertz CT molecular complexity index is 410. The summed E-state index contributed by atoms with van der Waals surface area (Å²) in [4.78, 5) is 11.4. The summed E-state index contributed by atoms with van der Waals surface area (Å²) in [5, 5.41) is 9.86. The van der Waals surface area contributed by atoms with Crippen molar-refractivity contribution in [3.8, 4) is 5.75 Å². The van der Waals surface area contributed by atoms with Crippen LogP contribution < -0.4 is 0 Å². The van der Waals surface area contributed by atoms with Crippen LogP contribution in [-0.2, 0) is 16.1 Å². The molecule has 0 bridgehead atoms. The first kappa shape index (κ1) is 13.5. The molecule has 4 nitrogen and oxygen atoms in total. The Morgan fingerprint density at radius 3 is 2.59 bits per heavy atom. The monoisotopic (exact) mass is 238 g/mol. The highest BCUT2D eigenvalue weighted by atomic mass is 16.5. The molecule has 1 aromatic rings. The number of carbonyl (C=O) groups excluding carboxylic acids is 1. The van der Waals surface area contributed by atoms with Crippen molar-refractivity contribution >= 4 is 5.97 Å². The van der Waals surface area contributed by atoms with Crippen LogP contribution in [0.15, 0.2) is 12.1 Å². The van der Waals surface area contributed by atoms with Gasteiger partial charge in [-0.3, -0.25) is 0 Å². The van der Waals surface area contributed by atoms with Crippen molar-refractivity contribution in [2.75, 3.05) is 7.11 Å². The molecular formula is C13H18O4. The number of phenols is 1. The summed E-state index contributed by atoms with van der Waals surface area (Å²) < 4.78 is 10.1. The number of aryl methyl sites for hydroxylation is 1. The van der Waals surface area contributed by atoms with Crippen molar-refractivity contribution in [2.24, 2.45) is 0 Å². The smallest absolute Gasteiger partial charge is 0.337 e. The predicted octanol–water partition coefficient (Wildman–Crippen LogP) is 2.41. The quantitative estimate of drug-likeness (QED) is 0.818. The van der Waals surface area contributed by atoms with E-state index < -0.39 is 5.97 Å². The van der Waals surface area contributed by atoms with E-state index in [9.17, 15) is 9.90 Å². The molecule has 94 valence electrons. The van der Waals surface area contributed by atoms with Crippen molar-refractivity contribution in [1.82, 2.24) is 0 Å². The molecule has 0 radical (unpaired) electrons. The Kier molecular flexibility index (Phi) is 4.52. The van der Waals surface area contributed by atoms with Crippen molar-refractivity contribution in [3.63, 3.8) is 0 Å². The summed E-state index contributed by atoms with van der Waals surface area (Å²) >= 11 is 0. The molecule has 0 amide bonds. The Morgan fingerprint density at radius 2 is 2.06 bits per heavy atom. The predicted molar refractivity (Wildman–Crippen MR) is 64.1 cm³/mol. The van der Waals surface area contributed by atoms with Crippen molar-refractivity contribution in [2.45, 2.75) is 33.5 Å². The zero-order valence-corrected chi connectivity index (χ0v) is 10.6. The Balaban J connectivity index is 3.02. The van der Waals surface area contributed by atoms with Gasteiger partial charge < -0.3 is 14.6 Å². The topological polar surface area (TPSA) is 55.8 Å². The minimum absolute atomic E-state index is 0.0662. The van der Waals surface area contributed by atoms with E-state index in [1.165, 1.54) is 7.11 Å². The van der Waals surface area contributed by atoms with Gasteiger partial charge in [0.1, 0.15) is 5.75 Å². The zero-order chi connectivity index (χ0) is 13.0. The summed E-state index contributed by atoms with van der Waals surface area (Å²) in [5.74, 6) is -0.253. The molecule has 1 rings (SSSR count). The minimum atomic E-state index is -0.418. The highest BCUT2D eigenvalue weighted by molar-refractivity contribution is 5.90. The molecule has 17 heavy (non-hydrogen) atoms. The SMILES string of the molecule is COC(=O)c1cc(C)c(O)c(COC(C)C)c1. The molecule has 1 N–H and O–H groups in total. The first-order valence-corrected chi connectivity index (χ1v) is 5.48. The molecule has 0 atom stereocenters. The van der Waals surface area contributed by atoms with Crippen LogP contribution in [0, 0.1) is 6.92 Å². The Morgan fingerprint density at radius 1 is 1.41 bits per heavy atom. The molecule has 4 heteroatoms. The van der Waals surface area contributed by atoms with E-state index in [-0.39, 0.29) is 18.5 Å². The summed E-state index contributed by atoms with van der Waals surface area (Å²) in [6, 6.07) is 3.19. The maximum atomic E-state index is 11.4. The average Bonchev–Trinajstić information content (AvgIpc) is 2.29. The van der Waals surface area contributed by atoms with Gasteiger partial charge in [-0.05, 0) is 38.5 Å². The fourth-order valence-electron chi connectivity index (χ4n) is 1.45. The van der Waals surface area contributed by atoms with Crippen LogP contribution in [0.4, 0.5) is 0 Å². The molecule has 0 aliphatic carbocycles. The molecule has 0 fully saturated rings. The second kappa shape index (κ2) is 5.68. The molecular weight excluding hydrogens is 220 g/mol. The number of rotatable bonds is 4. The van der Waals surface area contributed by atoms with Gasteiger partial charge in [-0.25, -0.2) is 4.79 Å². The summed E-state index contributed by atoms with van der Waals surface area (Å²) in [6.45, 7) is 5.83. The third-order valence-electron chi connectivity index (χ3n) is 2.37. The number of carbonyl (C=O) groups is 1. The molecule has 0 heterocycles. The van der Waals surface area contributed by atoms with Crippen molar-refractivity contribution in [3.05, 3.63) is 28.8 Å². The number of hydrogen-bond acceptors (Lipinski definition) is 4. The molecule has 0 saturated heterocycles. The van der Waals surface area contributed by atoms with Gasteiger partial charge in [-0.15, -0.1) is 0 Å². The second-order valence-electron chi connectivity index (χ2n) is 4.15. The number of aromatic hydroxyl groups is 1. The van der Waals surface area contributed by atoms with Crippen molar-refractivity contribution in [1.29, 1.82) is 0 Å². The minimum Gasteiger partial charge on any atom is -0.507 e. The normalized spacial score (nSPS) is 10.6. The highest BCUT2D eigenvalue weighted by Gasteiger charge is 2.13. The van der Waals surface area contributed by atoms with Gasteiger partial charge in [-0.2, -0.15) is 0 Å². The summed E-state index contributed by atoms with van der Waals surface area (Å²) in [7, 11) is 1.33. The molecule has 0 aliphatic rings. The Hall–Kier alpha value is -1.55. The molecule has 0 unspecified atom stereocenters. The second-order valence-corrected chi connectivity index (χ2v) is 4.15. The van der Waals surface area contributed by atoms with Crippen molar-refractivity contribution < 1.29 is 19.4 Å². The van der Waals surface area contributed by atoms with E-state index >= 15 is 0 Å². The maximum Gasteiger partial charge on any atom is 0.337 e. The van der Waals surface area contributed by atoms with Crippen LogP contribution in [0.25, 0.3) is 0 Å². The highest BCUT2D eigenvalue weighted by Crippen LogP contribution is 2.25. The van der Waals surface area contributed by atoms with Gasteiger partial charge in [0, 0.05) is 5.56 Å². The van der Waals surface area contributed by atoms with E-state index in [4.69, 9.17) is 4.74 Å². The number of benzene rings is 1. The van der Waals surface area contributed by atoms with Gasteiger partial charge in [0.2, 0.25) is 0 Å². The fourth-order valence-corrected chi connectivity index (χ4v) is 1.45. The van der Waals surface area contributed by atoms with Crippen LogP contribution in [0.1, 0.15) is 35.3 Å². The van der Waals surface area contributed by atoms with Gasteiger partial charge in [0.25, 0.3) is 0 Å². The van der Waals surface area contributed by atoms with Crippen LogP contribution >= 0.6 is 0 Å². The first-order valence-electron chi connectivity index (χ1n) is 5.48. The van der Waals surface area contributed by atoms with Crippen LogP contribution in [0.3, 0.4) is 0 Å². The number of esters is 1. The number of methoxy groups -OCH3 is 1. The van der Waals surface area contributed by atoms with E-state index in [2.05, 4.69) is 4.74 Å². The van der Waals surface area contributed by atoms with Crippen LogP contribution in [0.5, 0.6) is 5.75 Å². The lowest BCUT2D eigenvalue weighted by atomic mass is 10.1. The van der Waals surface area contributed by atoms with Gasteiger partial charge >= 0.3 is 5.97 Å². The Labute approximate surface area is 101 Å². The van der Waals surface area contributed by atoms with Gasteiger partial charge in [-0.1, -0.05) is 0 Å². The van der Waals surface area contributed by atoms with E-state index in [1.807, 2.05) is 13.8 Å². The zero-order valence-electron chi connectivity index (χ0n) is 10.6. The fraction of sp³-hybridized carbons (Fsp3) is 0.462. The van der Waals surface area contributed by atoms with E-state index in [1.54, 1.807) is 19.1 Å². The number of hydrogen-bond donors (Lipinski definition) is 1. The van der Waals surface area contributed by atoms with E-state index in [0.29, 0.717) is 16.7 Å². The molecule has 1 aromatic carbocycles. The third-order valence-corrected chi connectivity index (χ3v) is 2.37. The lowest BCUT2D eigenvalue weighted by Crippen LogP contribution is -2.06. The molecule has 0 aliphatic heterocycles. The molecule has 0 saturated carbocycles. The van der Waals surface area contributed by atoms with E-state index in [0.717, 1.165) is 0 Å². The largest absolute Gasteiger partial charge is 0.507 e. The molecule has 0 spiro atoms. The van der Waals surface area contributed by atoms with Crippen LogP contribution in [-0.4, -0.2) is 24.3 Å². The number of ether oxygens (including phenoxy) is 2. The van der Waals surface area contributed by atoms with Crippen LogP contribution in [0.2, 0.25) is 0 Å². The van der Waals surface area contributed by atoms with Gasteiger partial charge in [0.05, 0.1) is 25.4 Å². The third kappa shape index (κ3) is 3.46. The average molecular weight is 238 g/mol. The lowest BCUT2D eigenvalue weighted by Gasteiger charge is -2.12. The standard InChI is InChI=1S/C13H18O4/c1-8(2)17-7-11-6-10(13(15)16-4)5-9(3)12(11)14/h5-6,8,14H,7H2,1-4H3. The number of phenolic OH excluding ortho intramolecular Hbond substituents is 1. The maximum absolute atomic E-state index is 11.4. The summed E-state index contributed by atoms with van der Waals surface area (Å²) in [5.41, 5.74) is 1.65. The van der Waals surface area contributed by atoms with Gasteiger partial charge in [0.15, 0.2) is 0 Å².